The smallest absolute Gasteiger partial charge is 0.311 e. The average molecular weight is 366 g/mol. The molecule has 132 valence electrons. The van der Waals surface area contributed by atoms with Gasteiger partial charge in [0, 0.05) is 36.6 Å². The summed E-state index contributed by atoms with van der Waals surface area (Å²) in [6.07, 6.45) is 0.843. The Labute approximate surface area is 149 Å². The molecular weight excluding hydrogens is 348 g/mol. The predicted octanol–water partition coefficient (Wildman–Crippen LogP) is 3.96. The van der Waals surface area contributed by atoms with E-state index >= 15 is 0 Å². The van der Waals surface area contributed by atoms with Gasteiger partial charge in [-0.15, -0.1) is 0 Å². The highest BCUT2D eigenvalue weighted by Gasteiger charge is 2.38. The van der Waals surface area contributed by atoms with Gasteiger partial charge in [0.15, 0.2) is 0 Å². The summed E-state index contributed by atoms with van der Waals surface area (Å²) in [6.45, 7) is 2.01. The second kappa shape index (κ2) is 7.50. The van der Waals surface area contributed by atoms with Crippen LogP contribution in [0.1, 0.15) is 17.0 Å². The van der Waals surface area contributed by atoms with Crippen molar-refractivity contribution >= 4 is 17.6 Å². The third-order valence-corrected chi connectivity index (χ3v) is 4.85. The summed E-state index contributed by atoms with van der Waals surface area (Å²) in [5.74, 6) is -3.59. The van der Waals surface area contributed by atoms with Crippen LogP contribution in [0.4, 0.5) is 8.78 Å². The zero-order valence-electron chi connectivity index (χ0n) is 13.5. The summed E-state index contributed by atoms with van der Waals surface area (Å²) in [6, 6.07) is 10.6. The topological polar surface area (TPSA) is 40.5 Å². The van der Waals surface area contributed by atoms with Crippen molar-refractivity contribution in [2.45, 2.75) is 12.3 Å². The predicted molar refractivity (Wildman–Crippen MR) is 91.8 cm³/mol. The Morgan fingerprint density at radius 1 is 1.16 bits per heavy atom. The van der Waals surface area contributed by atoms with E-state index in [4.69, 9.17) is 11.6 Å². The SMILES string of the molecule is O=C(O)C(c1cc(F)cc(F)c1)C1CN(CCc2ccc(Cl)cc2)C1. The van der Waals surface area contributed by atoms with Gasteiger partial charge < -0.3 is 10.0 Å². The molecule has 3 rings (SSSR count). The number of benzene rings is 2. The van der Waals surface area contributed by atoms with Gasteiger partial charge in [0.1, 0.15) is 11.6 Å². The van der Waals surface area contributed by atoms with E-state index in [1.165, 1.54) is 0 Å². The van der Waals surface area contributed by atoms with E-state index in [1.54, 1.807) is 0 Å². The first kappa shape index (κ1) is 17.8. The van der Waals surface area contributed by atoms with Crippen LogP contribution in [0.3, 0.4) is 0 Å². The van der Waals surface area contributed by atoms with Crippen molar-refractivity contribution in [1.29, 1.82) is 0 Å². The summed E-state index contributed by atoms with van der Waals surface area (Å²) in [5, 5.41) is 10.2. The first-order valence-corrected chi connectivity index (χ1v) is 8.46. The number of carbonyl (C=O) groups is 1. The second-order valence-electron chi connectivity index (χ2n) is 6.41. The Kier molecular flexibility index (Phi) is 5.35. The van der Waals surface area contributed by atoms with Gasteiger partial charge in [-0.1, -0.05) is 23.7 Å². The third-order valence-electron chi connectivity index (χ3n) is 4.60. The number of hydrogen-bond donors (Lipinski definition) is 1. The highest BCUT2D eigenvalue weighted by molar-refractivity contribution is 6.30. The molecule has 1 atom stereocenters. The molecule has 0 spiro atoms. The molecule has 0 bridgehead atoms. The molecule has 3 nitrogen and oxygen atoms in total. The van der Waals surface area contributed by atoms with Crippen molar-refractivity contribution in [3.63, 3.8) is 0 Å². The molecule has 1 aliphatic heterocycles. The molecule has 2 aromatic rings. The Balaban J connectivity index is 1.59. The molecule has 1 aliphatic rings. The number of nitrogens with zero attached hydrogens (tertiary/aromatic N) is 1. The van der Waals surface area contributed by atoms with E-state index in [2.05, 4.69) is 4.90 Å². The maximum absolute atomic E-state index is 13.4. The number of carboxylic acids is 1. The van der Waals surface area contributed by atoms with Crippen molar-refractivity contribution in [3.05, 3.63) is 70.2 Å². The van der Waals surface area contributed by atoms with E-state index < -0.39 is 23.5 Å². The molecule has 1 unspecified atom stereocenters. The fourth-order valence-corrected chi connectivity index (χ4v) is 3.44. The van der Waals surface area contributed by atoms with E-state index in [9.17, 15) is 18.7 Å². The van der Waals surface area contributed by atoms with Crippen molar-refractivity contribution in [2.24, 2.45) is 5.92 Å². The number of halogens is 3. The Morgan fingerprint density at radius 2 is 1.76 bits per heavy atom. The lowest BCUT2D eigenvalue weighted by Crippen LogP contribution is -2.51. The van der Waals surface area contributed by atoms with Crippen molar-refractivity contribution in [3.8, 4) is 0 Å². The standard InChI is InChI=1S/C19H18ClF2NO2/c20-15-3-1-12(2-4-15)5-6-23-10-14(11-23)18(19(24)25)13-7-16(21)9-17(22)8-13/h1-4,7-9,14,18H,5-6,10-11H2,(H,24,25). The van der Waals surface area contributed by atoms with Gasteiger partial charge in [-0.2, -0.15) is 0 Å². The van der Waals surface area contributed by atoms with Crippen LogP contribution in [0.15, 0.2) is 42.5 Å². The van der Waals surface area contributed by atoms with Crippen LogP contribution in [0.2, 0.25) is 5.02 Å². The van der Waals surface area contributed by atoms with Gasteiger partial charge >= 0.3 is 5.97 Å². The van der Waals surface area contributed by atoms with Crippen LogP contribution in [0.5, 0.6) is 0 Å². The summed E-state index contributed by atoms with van der Waals surface area (Å²) in [7, 11) is 0. The molecule has 0 aliphatic carbocycles. The van der Waals surface area contributed by atoms with E-state index in [1.807, 2.05) is 24.3 Å². The Hall–Kier alpha value is -1.98. The number of rotatable bonds is 6. The number of aliphatic carboxylic acids is 1. The zero-order valence-corrected chi connectivity index (χ0v) is 14.2. The number of carboxylic acid groups (broad SMARTS) is 1. The van der Waals surface area contributed by atoms with Gasteiger partial charge in [-0.25, -0.2) is 8.78 Å². The Bertz CT molecular complexity index is 740. The van der Waals surface area contributed by atoms with E-state index in [0.29, 0.717) is 18.1 Å². The first-order valence-electron chi connectivity index (χ1n) is 8.08. The molecule has 1 saturated heterocycles. The maximum Gasteiger partial charge on any atom is 0.311 e. The lowest BCUT2D eigenvalue weighted by molar-refractivity contribution is -0.142. The first-order chi connectivity index (χ1) is 11.9. The van der Waals surface area contributed by atoms with Crippen LogP contribution >= 0.6 is 11.6 Å². The molecule has 2 aromatic carbocycles. The largest absolute Gasteiger partial charge is 0.481 e. The average Bonchev–Trinajstić information content (AvgIpc) is 2.49. The summed E-state index contributed by atoms with van der Waals surface area (Å²) in [5.41, 5.74) is 1.35. The summed E-state index contributed by atoms with van der Waals surface area (Å²) < 4.78 is 26.8. The minimum absolute atomic E-state index is 0.149. The molecule has 1 N–H and O–H groups in total. The molecule has 0 amide bonds. The van der Waals surface area contributed by atoms with E-state index in [-0.39, 0.29) is 11.5 Å². The zero-order chi connectivity index (χ0) is 18.0. The molecule has 0 aromatic heterocycles. The molecular formula is C19H18ClF2NO2. The van der Waals surface area contributed by atoms with Gasteiger partial charge in [0.05, 0.1) is 5.92 Å². The molecule has 1 fully saturated rings. The minimum atomic E-state index is -1.05. The number of likely N-dealkylation sites (tertiary alicyclic amines) is 1. The molecule has 25 heavy (non-hydrogen) atoms. The lowest BCUT2D eigenvalue weighted by atomic mass is 9.81. The van der Waals surface area contributed by atoms with Crippen molar-refractivity contribution in [1.82, 2.24) is 4.90 Å². The van der Waals surface area contributed by atoms with Gasteiger partial charge in [0.2, 0.25) is 0 Å². The monoisotopic (exact) mass is 365 g/mol. The highest BCUT2D eigenvalue weighted by Crippen LogP contribution is 2.33. The highest BCUT2D eigenvalue weighted by atomic mass is 35.5. The summed E-state index contributed by atoms with van der Waals surface area (Å²) >= 11 is 5.86. The van der Waals surface area contributed by atoms with Crippen LogP contribution in [0, 0.1) is 17.6 Å². The number of hydrogen-bond acceptors (Lipinski definition) is 2. The molecule has 0 radical (unpaired) electrons. The Morgan fingerprint density at radius 3 is 2.32 bits per heavy atom. The second-order valence-corrected chi connectivity index (χ2v) is 6.85. The molecule has 1 heterocycles. The maximum atomic E-state index is 13.4. The quantitative estimate of drug-likeness (QED) is 0.842. The molecule has 6 heteroatoms. The normalized spacial score (nSPS) is 16.4. The summed E-state index contributed by atoms with van der Waals surface area (Å²) in [4.78, 5) is 13.7. The van der Waals surface area contributed by atoms with Gasteiger partial charge in [0.25, 0.3) is 0 Å². The van der Waals surface area contributed by atoms with Crippen molar-refractivity contribution < 1.29 is 18.7 Å². The van der Waals surface area contributed by atoms with Crippen LogP contribution in [0.25, 0.3) is 0 Å². The third kappa shape index (κ3) is 4.35. The van der Waals surface area contributed by atoms with Gasteiger partial charge in [-0.3, -0.25) is 4.79 Å². The van der Waals surface area contributed by atoms with Crippen LogP contribution in [-0.4, -0.2) is 35.6 Å². The van der Waals surface area contributed by atoms with Crippen LogP contribution in [-0.2, 0) is 11.2 Å². The van der Waals surface area contributed by atoms with Gasteiger partial charge in [-0.05, 0) is 41.8 Å². The van der Waals surface area contributed by atoms with E-state index in [0.717, 1.165) is 36.7 Å². The fraction of sp³-hybridized carbons (Fsp3) is 0.316. The van der Waals surface area contributed by atoms with Crippen LogP contribution < -0.4 is 0 Å². The van der Waals surface area contributed by atoms with Crippen molar-refractivity contribution in [2.75, 3.05) is 19.6 Å². The molecule has 0 saturated carbocycles. The lowest BCUT2D eigenvalue weighted by Gasteiger charge is -2.42. The minimum Gasteiger partial charge on any atom is -0.481 e. The fourth-order valence-electron chi connectivity index (χ4n) is 3.31.